The Balaban J connectivity index is 1.99. The number of hydrogen-bond acceptors (Lipinski definition) is 1. The molecule has 1 heterocycles. The van der Waals surface area contributed by atoms with Crippen LogP contribution in [-0.2, 0) is 11.2 Å². The molecule has 2 rings (SSSR count). The molecule has 0 unspecified atom stereocenters. The summed E-state index contributed by atoms with van der Waals surface area (Å²) >= 11 is 5.93. The highest BCUT2D eigenvalue weighted by molar-refractivity contribution is 6.18. The Bertz CT molecular complexity index is 366. The molecule has 1 amide bonds. The Labute approximate surface area is 108 Å². The fourth-order valence-electron chi connectivity index (χ4n) is 2.36. The lowest BCUT2D eigenvalue weighted by Gasteiger charge is -2.34. The molecular weight excluding hydrogens is 234 g/mol. The van der Waals surface area contributed by atoms with E-state index in [2.05, 4.69) is 0 Å². The lowest BCUT2D eigenvalue weighted by atomic mass is 10.0. The number of rotatable bonds is 3. The standard InChI is InChI=1S/C14H18ClNO/c15-11-13-8-4-5-9-16(13)14(17)10-12-6-2-1-3-7-12/h1-3,6-7,13H,4-5,8-11H2/t13-/m1/s1. The summed E-state index contributed by atoms with van der Waals surface area (Å²) in [7, 11) is 0. The van der Waals surface area contributed by atoms with Gasteiger partial charge in [-0.1, -0.05) is 30.3 Å². The summed E-state index contributed by atoms with van der Waals surface area (Å²) in [5.41, 5.74) is 1.08. The van der Waals surface area contributed by atoms with Crippen LogP contribution >= 0.6 is 11.6 Å². The number of likely N-dealkylation sites (tertiary alicyclic amines) is 1. The molecule has 3 heteroatoms. The van der Waals surface area contributed by atoms with E-state index in [4.69, 9.17) is 11.6 Å². The maximum Gasteiger partial charge on any atom is 0.227 e. The van der Waals surface area contributed by atoms with Gasteiger partial charge in [0.2, 0.25) is 5.91 Å². The second kappa shape index (κ2) is 6.06. The highest BCUT2D eigenvalue weighted by atomic mass is 35.5. The van der Waals surface area contributed by atoms with E-state index in [-0.39, 0.29) is 11.9 Å². The molecule has 1 saturated heterocycles. The SMILES string of the molecule is O=C(Cc1ccccc1)N1CCCC[C@@H]1CCl. The summed E-state index contributed by atoms with van der Waals surface area (Å²) < 4.78 is 0. The molecule has 1 aliphatic rings. The second-order valence-corrected chi connectivity index (χ2v) is 4.86. The zero-order valence-corrected chi connectivity index (χ0v) is 10.7. The van der Waals surface area contributed by atoms with E-state index >= 15 is 0 Å². The van der Waals surface area contributed by atoms with Crippen LogP contribution in [0.5, 0.6) is 0 Å². The van der Waals surface area contributed by atoms with Gasteiger partial charge in [-0.25, -0.2) is 0 Å². The third-order valence-corrected chi connectivity index (χ3v) is 3.68. The summed E-state index contributed by atoms with van der Waals surface area (Å²) in [6.07, 6.45) is 3.83. The minimum absolute atomic E-state index is 0.210. The number of alkyl halides is 1. The Morgan fingerprint density at radius 1 is 1.29 bits per heavy atom. The van der Waals surface area contributed by atoms with Crippen LogP contribution < -0.4 is 0 Å². The smallest absolute Gasteiger partial charge is 0.227 e. The highest BCUT2D eigenvalue weighted by Crippen LogP contribution is 2.19. The Hall–Kier alpha value is -1.02. The summed E-state index contributed by atoms with van der Waals surface area (Å²) in [5, 5.41) is 0. The molecule has 1 aliphatic heterocycles. The van der Waals surface area contributed by atoms with Gasteiger partial charge in [0.25, 0.3) is 0 Å². The largest absolute Gasteiger partial charge is 0.338 e. The topological polar surface area (TPSA) is 20.3 Å². The zero-order valence-electron chi connectivity index (χ0n) is 9.94. The van der Waals surface area contributed by atoms with Gasteiger partial charge in [0.05, 0.1) is 6.42 Å². The quantitative estimate of drug-likeness (QED) is 0.757. The van der Waals surface area contributed by atoms with Gasteiger partial charge < -0.3 is 4.90 Å². The molecule has 0 aliphatic carbocycles. The van der Waals surface area contributed by atoms with E-state index in [1.807, 2.05) is 35.2 Å². The monoisotopic (exact) mass is 251 g/mol. The lowest BCUT2D eigenvalue weighted by molar-refractivity contribution is -0.133. The van der Waals surface area contributed by atoms with E-state index in [1.165, 1.54) is 6.42 Å². The molecule has 17 heavy (non-hydrogen) atoms. The number of halogens is 1. The van der Waals surface area contributed by atoms with Crippen LogP contribution in [0.2, 0.25) is 0 Å². The molecule has 1 atom stereocenters. The van der Waals surface area contributed by atoms with E-state index in [0.717, 1.165) is 24.9 Å². The number of nitrogens with zero attached hydrogens (tertiary/aromatic N) is 1. The molecule has 0 bridgehead atoms. The first kappa shape index (κ1) is 12.4. The number of hydrogen-bond donors (Lipinski definition) is 0. The van der Waals surface area contributed by atoms with Gasteiger partial charge in [0.15, 0.2) is 0 Å². The van der Waals surface area contributed by atoms with Crippen molar-refractivity contribution in [3.8, 4) is 0 Å². The first-order valence-electron chi connectivity index (χ1n) is 6.20. The molecule has 1 fully saturated rings. The van der Waals surface area contributed by atoms with Crippen molar-refractivity contribution in [1.82, 2.24) is 4.90 Å². The average Bonchev–Trinajstić information content (AvgIpc) is 2.40. The van der Waals surface area contributed by atoms with Crippen molar-refractivity contribution in [3.05, 3.63) is 35.9 Å². The van der Waals surface area contributed by atoms with Crippen molar-refractivity contribution in [3.63, 3.8) is 0 Å². The first-order chi connectivity index (χ1) is 8.31. The minimum Gasteiger partial charge on any atom is -0.338 e. The predicted octanol–water partition coefficient (Wildman–Crippen LogP) is 2.85. The summed E-state index contributed by atoms with van der Waals surface area (Å²) in [6.45, 7) is 0.864. The van der Waals surface area contributed by atoms with Crippen molar-refractivity contribution in [2.75, 3.05) is 12.4 Å². The van der Waals surface area contributed by atoms with Crippen molar-refractivity contribution in [2.45, 2.75) is 31.7 Å². The minimum atomic E-state index is 0.210. The van der Waals surface area contributed by atoms with Crippen LogP contribution in [-0.4, -0.2) is 29.3 Å². The summed E-state index contributed by atoms with van der Waals surface area (Å²) in [4.78, 5) is 14.2. The van der Waals surface area contributed by atoms with Gasteiger partial charge in [-0.15, -0.1) is 11.6 Å². The fourth-order valence-corrected chi connectivity index (χ4v) is 2.68. The molecule has 92 valence electrons. The van der Waals surface area contributed by atoms with E-state index in [1.54, 1.807) is 0 Å². The summed E-state index contributed by atoms with van der Waals surface area (Å²) in [6, 6.07) is 10.1. The van der Waals surface area contributed by atoms with Gasteiger partial charge in [-0.05, 0) is 24.8 Å². The molecule has 0 aromatic heterocycles. The Morgan fingerprint density at radius 2 is 2.06 bits per heavy atom. The van der Waals surface area contributed by atoms with Crippen LogP contribution in [0.1, 0.15) is 24.8 Å². The second-order valence-electron chi connectivity index (χ2n) is 4.55. The third kappa shape index (κ3) is 3.22. The molecule has 0 spiro atoms. The van der Waals surface area contributed by atoms with E-state index in [0.29, 0.717) is 12.3 Å². The average molecular weight is 252 g/mol. The van der Waals surface area contributed by atoms with Gasteiger partial charge in [0.1, 0.15) is 0 Å². The van der Waals surface area contributed by atoms with Crippen molar-refractivity contribution in [2.24, 2.45) is 0 Å². The molecule has 2 nitrogen and oxygen atoms in total. The van der Waals surface area contributed by atoms with Crippen LogP contribution in [0.15, 0.2) is 30.3 Å². The molecule has 0 radical (unpaired) electrons. The van der Waals surface area contributed by atoms with Crippen LogP contribution in [0.4, 0.5) is 0 Å². The number of carbonyl (C=O) groups is 1. The van der Waals surface area contributed by atoms with Crippen LogP contribution in [0, 0.1) is 0 Å². The maximum atomic E-state index is 12.2. The van der Waals surface area contributed by atoms with E-state index < -0.39 is 0 Å². The van der Waals surface area contributed by atoms with E-state index in [9.17, 15) is 4.79 Å². The molecule has 1 aromatic rings. The fraction of sp³-hybridized carbons (Fsp3) is 0.500. The van der Waals surface area contributed by atoms with Gasteiger partial charge in [0, 0.05) is 18.5 Å². The zero-order chi connectivity index (χ0) is 12.1. The summed E-state index contributed by atoms with van der Waals surface area (Å²) in [5.74, 6) is 0.766. The lowest BCUT2D eigenvalue weighted by Crippen LogP contribution is -2.45. The highest BCUT2D eigenvalue weighted by Gasteiger charge is 2.25. The predicted molar refractivity (Wildman–Crippen MR) is 70.2 cm³/mol. The van der Waals surface area contributed by atoms with Crippen LogP contribution in [0.3, 0.4) is 0 Å². The van der Waals surface area contributed by atoms with Gasteiger partial charge in [-0.3, -0.25) is 4.79 Å². The molecule has 1 aromatic carbocycles. The normalized spacial score (nSPS) is 20.3. The third-order valence-electron chi connectivity index (χ3n) is 3.32. The number of carbonyl (C=O) groups excluding carboxylic acids is 1. The van der Waals surface area contributed by atoms with Gasteiger partial charge >= 0.3 is 0 Å². The molecule has 0 N–H and O–H groups in total. The van der Waals surface area contributed by atoms with Crippen molar-refractivity contribution < 1.29 is 4.79 Å². The van der Waals surface area contributed by atoms with Crippen molar-refractivity contribution in [1.29, 1.82) is 0 Å². The number of benzene rings is 1. The Morgan fingerprint density at radius 3 is 2.76 bits per heavy atom. The Kier molecular flexibility index (Phi) is 4.43. The molecule has 0 saturated carbocycles. The molecular formula is C14H18ClNO. The maximum absolute atomic E-state index is 12.2. The first-order valence-corrected chi connectivity index (χ1v) is 6.74. The number of piperidine rings is 1. The van der Waals surface area contributed by atoms with Crippen molar-refractivity contribution >= 4 is 17.5 Å². The number of amides is 1. The van der Waals surface area contributed by atoms with Gasteiger partial charge in [-0.2, -0.15) is 0 Å². The van der Waals surface area contributed by atoms with Crippen LogP contribution in [0.25, 0.3) is 0 Å².